The maximum absolute atomic E-state index is 11.1. The van der Waals surface area contributed by atoms with Crippen LogP contribution in [0.15, 0.2) is 18.2 Å². The van der Waals surface area contributed by atoms with E-state index in [0.29, 0.717) is 12.4 Å². The maximum atomic E-state index is 11.1. The molecule has 1 aromatic carbocycles. The first kappa shape index (κ1) is 15.5. The normalized spacial score (nSPS) is 18.3. The standard InChI is InChI=1S/C14H19IN2O3/c15-11-5-6-13(12(9-11)17(18)19)20-10-14(16)7-3-1-2-4-8-14/h5-6,9H,1-4,7-8,10,16H2. The van der Waals surface area contributed by atoms with Crippen LogP contribution in [0.1, 0.15) is 38.5 Å². The van der Waals surface area contributed by atoms with E-state index >= 15 is 0 Å². The van der Waals surface area contributed by atoms with E-state index in [1.54, 1.807) is 12.1 Å². The molecule has 1 saturated carbocycles. The monoisotopic (exact) mass is 390 g/mol. The molecule has 0 aliphatic heterocycles. The Bertz CT molecular complexity index is 485. The van der Waals surface area contributed by atoms with E-state index in [2.05, 4.69) is 22.6 Å². The van der Waals surface area contributed by atoms with Crippen molar-refractivity contribution in [2.75, 3.05) is 6.61 Å². The highest BCUT2D eigenvalue weighted by atomic mass is 127. The molecule has 0 bridgehead atoms. The van der Waals surface area contributed by atoms with Crippen LogP contribution in [0.3, 0.4) is 0 Å². The predicted octanol–water partition coefficient (Wildman–Crippen LogP) is 3.63. The Kier molecular flexibility index (Phi) is 5.20. The number of nitro groups is 1. The fourth-order valence-electron chi connectivity index (χ4n) is 2.55. The molecule has 5 nitrogen and oxygen atoms in total. The van der Waals surface area contributed by atoms with Crippen LogP contribution >= 0.6 is 22.6 Å². The van der Waals surface area contributed by atoms with Crippen molar-refractivity contribution in [2.45, 2.75) is 44.1 Å². The Morgan fingerprint density at radius 3 is 2.55 bits per heavy atom. The minimum absolute atomic E-state index is 0.00845. The lowest BCUT2D eigenvalue weighted by Gasteiger charge is -2.27. The molecular formula is C14H19IN2O3. The smallest absolute Gasteiger partial charge is 0.311 e. The number of hydrogen-bond donors (Lipinski definition) is 1. The van der Waals surface area contributed by atoms with Crippen LogP contribution in [0.2, 0.25) is 0 Å². The van der Waals surface area contributed by atoms with E-state index in [4.69, 9.17) is 10.5 Å². The van der Waals surface area contributed by atoms with Crippen LogP contribution in [0.4, 0.5) is 5.69 Å². The van der Waals surface area contributed by atoms with Crippen LogP contribution in [-0.4, -0.2) is 17.1 Å². The third-order valence-electron chi connectivity index (χ3n) is 3.73. The minimum atomic E-state index is -0.409. The lowest BCUT2D eigenvalue weighted by Crippen LogP contribution is -2.45. The van der Waals surface area contributed by atoms with Crippen molar-refractivity contribution >= 4 is 28.3 Å². The van der Waals surface area contributed by atoms with Gasteiger partial charge in [0.2, 0.25) is 0 Å². The molecule has 20 heavy (non-hydrogen) atoms. The highest BCUT2D eigenvalue weighted by Crippen LogP contribution is 2.31. The predicted molar refractivity (Wildman–Crippen MR) is 85.9 cm³/mol. The summed E-state index contributed by atoms with van der Waals surface area (Å²) in [6.45, 7) is 0.342. The molecule has 0 atom stereocenters. The first-order valence-electron chi connectivity index (χ1n) is 6.86. The van der Waals surface area contributed by atoms with Gasteiger partial charge in [-0.25, -0.2) is 0 Å². The van der Waals surface area contributed by atoms with E-state index in [9.17, 15) is 10.1 Å². The Labute approximate surface area is 132 Å². The van der Waals surface area contributed by atoms with Crippen LogP contribution in [0, 0.1) is 13.7 Å². The average Bonchev–Trinajstić information content (AvgIpc) is 2.62. The molecule has 0 spiro atoms. The lowest BCUT2D eigenvalue weighted by molar-refractivity contribution is -0.386. The number of ether oxygens (including phenoxy) is 1. The van der Waals surface area contributed by atoms with Gasteiger partial charge in [-0.15, -0.1) is 0 Å². The van der Waals surface area contributed by atoms with Gasteiger partial charge in [0.05, 0.1) is 10.5 Å². The number of halogens is 1. The van der Waals surface area contributed by atoms with Gasteiger partial charge in [0.15, 0.2) is 5.75 Å². The van der Waals surface area contributed by atoms with Gasteiger partial charge in [-0.05, 0) is 47.6 Å². The quantitative estimate of drug-likeness (QED) is 0.369. The van der Waals surface area contributed by atoms with Crippen molar-refractivity contribution < 1.29 is 9.66 Å². The molecule has 6 heteroatoms. The van der Waals surface area contributed by atoms with E-state index < -0.39 is 4.92 Å². The van der Waals surface area contributed by atoms with Gasteiger partial charge in [-0.3, -0.25) is 10.1 Å². The van der Waals surface area contributed by atoms with Crippen molar-refractivity contribution in [1.82, 2.24) is 0 Å². The Morgan fingerprint density at radius 1 is 1.30 bits per heavy atom. The molecule has 1 aliphatic rings. The summed E-state index contributed by atoms with van der Waals surface area (Å²) in [4.78, 5) is 10.6. The molecule has 1 aromatic rings. The van der Waals surface area contributed by atoms with Gasteiger partial charge in [-0.1, -0.05) is 25.7 Å². The fraction of sp³-hybridized carbons (Fsp3) is 0.571. The van der Waals surface area contributed by atoms with Crippen LogP contribution < -0.4 is 10.5 Å². The summed E-state index contributed by atoms with van der Waals surface area (Å²) in [5, 5.41) is 11.1. The molecule has 1 fully saturated rings. The SMILES string of the molecule is NC1(COc2ccc(I)cc2[N+](=O)[O-])CCCCCC1. The summed E-state index contributed by atoms with van der Waals surface area (Å²) in [7, 11) is 0. The molecule has 0 radical (unpaired) electrons. The summed E-state index contributed by atoms with van der Waals surface area (Å²) >= 11 is 2.05. The molecule has 0 saturated heterocycles. The first-order chi connectivity index (χ1) is 9.50. The molecular weight excluding hydrogens is 371 g/mol. The van der Waals surface area contributed by atoms with Crippen LogP contribution in [0.5, 0.6) is 5.75 Å². The zero-order valence-corrected chi connectivity index (χ0v) is 13.5. The Balaban J connectivity index is 2.08. The van der Waals surface area contributed by atoms with Gasteiger partial charge in [-0.2, -0.15) is 0 Å². The van der Waals surface area contributed by atoms with Crippen molar-refractivity contribution in [3.8, 4) is 5.75 Å². The third-order valence-corrected chi connectivity index (χ3v) is 4.40. The summed E-state index contributed by atoms with van der Waals surface area (Å²) < 4.78 is 6.50. The molecule has 1 aliphatic carbocycles. The minimum Gasteiger partial charge on any atom is -0.485 e. The summed E-state index contributed by atoms with van der Waals surface area (Å²) in [5.41, 5.74) is 6.02. The largest absolute Gasteiger partial charge is 0.485 e. The fourth-order valence-corrected chi connectivity index (χ4v) is 3.03. The van der Waals surface area contributed by atoms with Gasteiger partial charge >= 0.3 is 5.69 Å². The van der Waals surface area contributed by atoms with Crippen LogP contribution in [-0.2, 0) is 0 Å². The van der Waals surface area contributed by atoms with Crippen molar-refractivity contribution in [1.29, 1.82) is 0 Å². The number of hydrogen-bond acceptors (Lipinski definition) is 4. The molecule has 0 amide bonds. The lowest BCUT2D eigenvalue weighted by atomic mass is 9.92. The van der Waals surface area contributed by atoms with Crippen molar-refractivity contribution in [2.24, 2.45) is 5.73 Å². The molecule has 110 valence electrons. The summed E-state index contributed by atoms with van der Waals surface area (Å²) in [5.74, 6) is 0.310. The average molecular weight is 390 g/mol. The molecule has 0 aromatic heterocycles. The highest BCUT2D eigenvalue weighted by Gasteiger charge is 2.28. The van der Waals surface area contributed by atoms with Gasteiger partial charge in [0.25, 0.3) is 0 Å². The maximum Gasteiger partial charge on any atom is 0.311 e. The number of nitrogens with two attached hydrogens (primary N) is 1. The highest BCUT2D eigenvalue weighted by molar-refractivity contribution is 14.1. The second-order valence-corrected chi connectivity index (χ2v) is 6.68. The van der Waals surface area contributed by atoms with E-state index in [1.807, 2.05) is 0 Å². The van der Waals surface area contributed by atoms with E-state index in [0.717, 1.165) is 29.3 Å². The number of nitro benzene ring substituents is 1. The molecule has 0 unspecified atom stereocenters. The molecule has 2 rings (SSSR count). The summed E-state index contributed by atoms with van der Waals surface area (Å²) in [6, 6.07) is 4.98. The zero-order valence-electron chi connectivity index (χ0n) is 11.3. The van der Waals surface area contributed by atoms with Gasteiger partial charge < -0.3 is 10.5 Å². The number of benzene rings is 1. The van der Waals surface area contributed by atoms with Crippen molar-refractivity contribution in [3.63, 3.8) is 0 Å². The molecule has 0 heterocycles. The van der Waals surface area contributed by atoms with Crippen LogP contribution in [0.25, 0.3) is 0 Å². The number of nitrogens with zero attached hydrogens (tertiary/aromatic N) is 1. The summed E-state index contributed by atoms with van der Waals surface area (Å²) in [6.07, 6.45) is 6.48. The second kappa shape index (κ2) is 6.71. The second-order valence-electron chi connectivity index (χ2n) is 5.43. The van der Waals surface area contributed by atoms with E-state index in [-0.39, 0.29) is 11.2 Å². The Hall–Kier alpha value is -0.890. The topological polar surface area (TPSA) is 78.4 Å². The van der Waals surface area contributed by atoms with Gasteiger partial charge in [0.1, 0.15) is 6.61 Å². The third kappa shape index (κ3) is 4.05. The zero-order chi connectivity index (χ0) is 14.6. The van der Waals surface area contributed by atoms with E-state index in [1.165, 1.54) is 18.9 Å². The molecule has 2 N–H and O–H groups in total. The number of rotatable bonds is 4. The van der Waals surface area contributed by atoms with Gasteiger partial charge in [0, 0.05) is 9.64 Å². The van der Waals surface area contributed by atoms with Crippen molar-refractivity contribution in [3.05, 3.63) is 31.9 Å². The first-order valence-corrected chi connectivity index (χ1v) is 7.94. The Morgan fingerprint density at radius 2 is 1.95 bits per heavy atom.